The van der Waals surface area contributed by atoms with Crippen LogP contribution in [0.2, 0.25) is 5.02 Å². The number of hydrogen-bond donors (Lipinski definition) is 1. The Kier molecular flexibility index (Phi) is 4.24. The number of halogens is 1. The van der Waals surface area contributed by atoms with Gasteiger partial charge in [-0.2, -0.15) is 0 Å². The van der Waals surface area contributed by atoms with Crippen molar-refractivity contribution >= 4 is 28.8 Å². The molecule has 0 aliphatic carbocycles. The van der Waals surface area contributed by atoms with E-state index in [-0.39, 0.29) is 4.99 Å². The zero-order valence-corrected chi connectivity index (χ0v) is 11.8. The highest BCUT2D eigenvalue weighted by molar-refractivity contribution is 7.80. The van der Waals surface area contributed by atoms with Gasteiger partial charge in [-0.1, -0.05) is 23.8 Å². The zero-order valence-electron chi connectivity index (χ0n) is 10.2. The van der Waals surface area contributed by atoms with Crippen LogP contribution in [-0.2, 0) is 0 Å². The number of methoxy groups -OCH3 is 1. The molecular formula is C14H12ClNO2S. The monoisotopic (exact) mass is 293 g/mol. The van der Waals surface area contributed by atoms with Crippen molar-refractivity contribution in [1.29, 1.82) is 0 Å². The lowest BCUT2D eigenvalue weighted by atomic mass is 10.2. The van der Waals surface area contributed by atoms with E-state index >= 15 is 0 Å². The van der Waals surface area contributed by atoms with Gasteiger partial charge >= 0.3 is 0 Å². The van der Waals surface area contributed by atoms with Crippen LogP contribution in [0, 0.1) is 0 Å². The quantitative estimate of drug-likeness (QED) is 0.872. The largest absolute Gasteiger partial charge is 0.497 e. The molecule has 0 bridgehead atoms. The average molecular weight is 294 g/mol. The minimum atomic E-state index is 0.270. The summed E-state index contributed by atoms with van der Waals surface area (Å²) in [6.07, 6.45) is 0. The Hall–Kier alpha value is -1.78. The number of nitrogens with two attached hydrogens (primary N) is 1. The molecule has 2 N–H and O–H groups in total. The van der Waals surface area contributed by atoms with Crippen LogP contribution in [0.4, 0.5) is 0 Å². The van der Waals surface area contributed by atoms with Gasteiger partial charge in [0.2, 0.25) is 0 Å². The normalized spacial score (nSPS) is 10.0. The van der Waals surface area contributed by atoms with Gasteiger partial charge in [0.1, 0.15) is 22.2 Å². The summed E-state index contributed by atoms with van der Waals surface area (Å²) in [6.45, 7) is 0. The van der Waals surface area contributed by atoms with Crippen molar-refractivity contribution in [3.05, 3.63) is 53.1 Å². The Balaban J connectivity index is 2.36. The fourth-order valence-corrected chi connectivity index (χ4v) is 1.84. The van der Waals surface area contributed by atoms with Gasteiger partial charge < -0.3 is 15.2 Å². The van der Waals surface area contributed by atoms with Gasteiger partial charge in [0, 0.05) is 11.1 Å². The molecule has 0 fully saturated rings. The van der Waals surface area contributed by atoms with Crippen molar-refractivity contribution in [2.45, 2.75) is 0 Å². The predicted octanol–water partition coefficient (Wildman–Crippen LogP) is 3.78. The molecule has 0 spiro atoms. The fourth-order valence-electron chi connectivity index (χ4n) is 1.55. The summed E-state index contributed by atoms with van der Waals surface area (Å²) in [4.78, 5) is 0.270. The van der Waals surface area contributed by atoms with Crippen LogP contribution >= 0.6 is 23.8 Å². The van der Waals surface area contributed by atoms with Crippen LogP contribution in [0.15, 0.2) is 42.5 Å². The van der Waals surface area contributed by atoms with Crippen molar-refractivity contribution in [1.82, 2.24) is 0 Å². The average Bonchev–Trinajstić information content (AvgIpc) is 2.41. The van der Waals surface area contributed by atoms with E-state index in [1.807, 2.05) is 0 Å². The van der Waals surface area contributed by atoms with E-state index in [0.29, 0.717) is 27.8 Å². The molecule has 0 atom stereocenters. The first-order valence-electron chi connectivity index (χ1n) is 5.51. The first kappa shape index (κ1) is 13.6. The maximum Gasteiger partial charge on any atom is 0.141 e. The second-order valence-corrected chi connectivity index (χ2v) is 4.66. The lowest BCUT2D eigenvalue weighted by Gasteiger charge is -2.12. The van der Waals surface area contributed by atoms with Gasteiger partial charge in [0.05, 0.1) is 12.7 Å². The van der Waals surface area contributed by atoms with Crippen LogP contribution in [0.1, 0.15) is 5.56 Å². The Bertz CT molecular complexity index is 599. The topological polar surface area (TPSA) is 44.5 Å². The molecule has 0 heterocycles. The molecule has 0 amide bonds. The first-order valence-corrected chi connectivity index (χ1v) is 6.30. The predicted molar refractivity (Wildman–Crippen MR) is 80.4 cm³/mol. The lowest BCUT2D eigenvalue weighted by Crippen LogP contribution is -2.10. The van der Waals surface area contributed by atoms with Gasteiger partial charge in [-0.25, -0.2) is 0 Å². The maximum absolute atomic E-state index is 5.83. The molecule has 0 aliphatic rings. The smallest absolute Gasteiger partial charge is 0.141 e. The van der Waals surface area contributed by atoms with Crippen molar-refractivity contribution in [2.75, 3.05) is 7.11 Å². The number of ether oxygens (including phenoxy) is 2. The maximum atomic E-state index is 5.83. The number of thiocarbonyl (C=S) groups is 1. The van der Waals surface area contributed by atoms with Gasteiger partial charge in [-0.15, -0.1) is 0 Å². The van der Waals surface area contributed by atoms with Crippen LogP contribution in [0.25, 0.3) is 0 Å². The molecule has 2 aromatic carbocycles. The molecule has 0 saturated heterocycles. The van der Waals surface area contributed by atoms with Crippen LogP contribution < -0.4 is 15.2 Å². The van der Waals surface area contributed by atoms with E-state index in [1.165, 1.54) is 0 Å². The summed E-state index contributed by atoms with van der Waals surface area (Å²) in [6, 6.07) is 12.3. The summed E-state index contributed by atoms with van der Waals surface area (Å²) >= 11 is 10.8. The molecule has 3 nitrogen and oxygen atoms in total. The van der Waals surface area contributed by atoms with Crippen molar-refractivity contribution in [3.63, 3.8) is 0 Å². The SMILES string of the molecule is COc1ccc(C(N)=S)c(Oc2ccc(Cl)cc2)c1. The van der Waals surface area contributed by atoms with E-state index in [4.69, 9.17) is 39.0 Å². The highest BCUT2D eigenvalue weighted by Gasteiger charge is 2.09. The molecule has 0 aromatic heterocycles. The summed E-state index contributed by atoms with van der Waals surface area (Å²) < 4.78 is 10.9. The minimum absolute atomic E-state index is 0.270. The van der Waals surface area contributed by atoms with E-state index in [0.717, 1.165) is 0 Å². The van der Waals surface area contributed by atoms with Crippen molar-refractivity contribution in [2.24, 2.45) is 5.73 Å². The Morgan fingerprint density at radius 1 is 1.11 bits per heavy atom. The molecular weight excluding hydrogens is 282 g/mol. The summed E-state index contributed by atoms with van der Waals surface area (Å²) in [5.41, 5.74) is 6.33. The Labute approximate surface area is 121 Å². The summed E-state index contributed by atoms with van der Waals surface area (Å²) in [7, 11) is 1.59. The van der Waals surface area contributed by atoms with E-state index in [9.17, 15) is 0 Å². The number of hydrogen-bond acceptors (Lipinski definition) is 3. The first-order chi connectivity index (χ1) is 9.10. The van der Waals surface area contributed by atoms with Crippen LogP contribution in [0.5, 0.6) is 17.2 Å². The third-order valence-electron chi connectivity index (χ3n) is 2.50. The second kappa shape index (κ2) is 5.91. The van der Waals surface area contributed by atoms with E-state index in [1.54, 1.807) is 49.6 Å². The van der Waals surface area contributed by atoms with Gasteiger partial charge in [-0.05, 0) is 36.4 Å². The molecule has 0 saturated carbocycles. The van der Waals surface area contributed by atoms with Crippen molar-refractivity contribution < 1.29 is 9.47 Å². The number of benzene rings is 2. The molecule has 2 rings (SSSR count). The van der Waals surface area contributed by atoms with Crippen LogP contribution in [-0.4, -0.2) is 12.1 Å². The second-order valence-electron chi connectivity index (χ2n) is 3.78. The van der Waals surface area contributed by atoms with Gasteiger partial charge in [0.15, 0.2) is 0 Å². The summed E-state index contributed by atoms with van der Waals surface area (Å²) in [5.74, 6) is 1.87. The molecule has 2 aromatic rings. The third-order valence-corrected chi connectivity index (χ3v) is 2.97. The van der Waals surface area contributed by atoms with Crippen molar-refractivity contribution in [3.8, 4) is 17.2 Å². The molecule has 98 valence electrons. The molecule has 5 heteroatoms. The third kappa shape index (κ3) is 3.36. The minimum Gasteiger partial charge on any atom is -0.497 e. The zero-order chi connectivity index (χ0) is 13.8. The highest BCUT2D eigenvalue weighted by atomic mass is 35.5. The summed E-state index contributed by atoms with van der Waals surface area (Å²) in [5, 5.41) is 0.646. The molecule has 0 radical (unpaired) electrons. The molecule has 0 aliphatic heterocycles. The van der Waals surface area contributed by atoms with E-state index < -0.39 is 0 Å². The van der Waals surface area contributed by atoms with Gasteiger partial charge in [0.25, 0.3) is 0 Å². The Morgan fingerprint density at radius 3 is 2.32 bits per heavy atom. The standard InChI is InChI=1S/C14H12ClNO2S/c1-17-11-6-7-12(14(16)19)13(8-11)18-10-4-2-9(15)3-5-10/h2-8H,1H3,(H2,16,19). The lowest BCUT2D eigenvalue weighted by molar-refractivity contribution is 0.409. The Morgan fingerprint density at radius 2 is 1.74 bits per heavy atom. The molecule has 19 heavy (non-hydrogen) atoms. The van der Waals surface area contributed by atoms with E-state index in [2.05, 4.69) is 0 Å². The molecule has 0 unspecified atom stereocenters. The van der Waals surface area contributed by atoms with Crippen LogP contribution in [0.3, 0.4) is 0 Å². The fraction of sp³-hybridized carbons (Fsp3) is 0.0714. The number of rotatable bonds is 4. The highest BCUT2D eigenvalue weighted by Crippen LogP contribution is 2.30. The van der Waals surface area contributed by atoms with Gasteiger partial charge in [-0.3, -0.25) is 0 Å².